The number of aromatic nitrogens is 2. The van der Waals surface area contributed by atoms with Crippen LogP contribution >= 0.6 is 22.9 Å². The lowest BCUT2D eigenvalue weighted by molar-refractivity contribution is 0.904. The first-order valence-electron chi connectivity index (χ1n) is 4.36. The lowest BCUT2D eigenvalue weighted by Gasteiger charge is -1.96. The Hall–Kier alpha value is -0.930. The summed E-state index contributed by atoms with van der Waals surface area (Å²) < 4.78 is 0.521. The van der Waals surface area contributed by atoms with Crippen molar-refractivity contribution in [1.29, 1.82) is 0 Å². The third kappa shape index (κ3) is 2.53. The Morgan fingerprint density at radius 3 is 2.50 bits per heavy atom. The molecule has 0 radical (unpaired) electrons. The number of rotatable bonds is 3. The summed E-state index contributed by atoms with van der Waals surface area (Å²) in [5, 5.41) is 8.73. The fourth-order valence-electron chi connectivity index (χ4n) is 1.23. The highest BCUT2D eigenvalue weighted by molar-refractivity contribution is 7.15. The molecule has 0 aliphatic heterocycles. The molecule has 0 saturated carbocycles. The van der Waals surface area contributed by atoms with E-state index in [0.29, 0.717) is 4.47 Å². The van der Waals surface area contributed by atoms with Gasteiger partial charge in [-0.25, -0.2) is 0 Å². The molecule has 2 rings (SSSR count). The van der Waals surface area contributed by atoms with Crippen LogP contribution < -0.4 is 0 Å². The third-order valence-electron chi connectivity index (χ3n) is 1.91. The Labute approximate surface area is 91.6 Å². The number of hydrogen-bond donors (Lipinski definition) is 0. The molecular formula is C10H9ClN2S. The molecule has 0 aliphatic rings. The van der Waals surface area contributed by atoms with Crippen molar-refractivity contribution in [3.05, 3.63) is 45.4 Å². The van der Waals surface area contributed by atoms with Crippen molar-refractivity contribution >= 4 is 22.9 Å². The Balaban J connectivity index is 1.95. The standard InChI is InChI=1S/C10H9ClN2S/c11-10-13-12-9(14-10)7-6-8-4-2-1-3-5-8/h1-5H,6-7H2. The van der Waals surface area contributed by atoms with Crippen LogP contribution in [0.3, 0.4) is 0 Å². The van der Waals surface area contributed by atoms with Gasteiger partial charge in [0.05, 0.1) is 0 Å². The fourth-order valence-corrected chi connectivity index (χ4v) is 2.10. The van der Waals surface area contributed by atoms with Gasteiger partial charge in [0.25, 0.3) is 0 Å². The molecule has 72 valence electrons. The van der Waals surface area contributed by atoms with E-state index in [1.165, 1.54) is 16.9 Å². The predicted octanol–water partition coefficient (Wildman–Crippen LogP) is 2.98. The quantitative estimate of drug-likeness (QED) is 0.801. The zero-order chi connectivity index (χ0) is 9.80. The van der Waals surface area contributed by atoms with Crippen molar-refractivity contribution < 1.29 is 0 Å². The highest BCUT2D eigenvalue weighted by Gasteiger charge is 2.01. The summed E-state index contributed by atoms with van der Waals surface area (Å²) in [6, 6.07) is 10.3. The van der Waals surface area contributed by atoms with Crippen molar-refractivity contribution in [2.45, 2.75) is 12.8 Å². The zero-order valence-corrected chi connectivity index (χ0v) is 9.05. The molecule has 2 aromatic rings. The van der Waals surface area contributed by atoms with E-state index >= 15 is 0 Å². The molecule has 0 saturated heterocycles. The van der Waals surface area contributed by atoms with E-state index in [1.54, 1.807) is 0 Å². The van der Waals surface area contributed by atoms with E-state index in [2.05, 4.69) is 22.3 Å². The van der Waals surface area contributed by atoms with Gasteiger partial charge >= 0.3 is 0 Å². The molecule has 1 aromatic carbocycles. The summed E-state index contributed by atoms with van der Waals surface area (Å²) in [5.74, 6) is 0. The van der Waals surface area contributed by atoms with Gasteiger partial charge in [-0.15, -0.1) is 10.2 Å². The molecule has 0 amide bonds. The van der Waals surface area contributed by atoms with Gasteiger partial charge in [-0.3, -0.25) is 0 Å². The summed E-state index contributed by atoms with van der Waals surface area (Å²) in [6.07, 6.45) is 1.90. The van der Waals surface area contributed by atoms with E-state index in [4.69, 9.17) is 11.6 Å². The molecule has 14 heavy (non-hydrogen) atoms. The van der Waals surface area contributed by atoms with Crippen LogP contribution in [0.2, 0.25) is 4.47 Å². The third-order valence-corrected chi connectivity index (χ3v) is 2.99. The lowest BCUT2D eigenvalue weighted by atomic mass is 10.1. The number of nitrogens with zero attached hydrogens (tertiary/aromatic N) is 2. The Bertz CT molecular complexity index is 400. The van der Waals surface area contributed by atoms with Crippen LogP contribution in [0.5, 0.6) is 0 Å². The maximum atomic E-state index is 5.69. The van der Waals surface area contributed by atoms with Crippen molar-refractivity contribution in [3.8, 4) is 0 Å². The smallest absolute Gasteiger partial charge is 0.142 e. The Morgan fingerprint density at radius 1 is 1.07 bits per heavy atom. The molecule has 0 aliphatic carbocycles. The Kier molecular flexibility index (Phi) is 3.11. The predicted molar refractivity (Wildman–Crippen MR) is 58.8 cm³/mol. The average molecular weight is 225 g/mol. The van der Waals surface area contributed by atoms with Crippen LogP contribution in [0, 0.1) is 0 Å². The molecule has 1 heterocycles. The number of aryl methyl sites for hydroxylation is 2. The molecule has 1 aromatic heterocycles. The van der Waals surface area contributed by atoms with E-state index in [0.717, 1.165) is 17.8 Å². The highest BCUT2D eigenvalue weighted by atomic mass is 35.5. The number of hydrogen-bond acceptors (Lipinski definition) is 3. The SMILES string of the molecule is Clc1nnc(CCc2ccccc2)s1. The fraction of sp³-hybridized carbons (Fsp3) is 0.200. The van der Waals surface area contributed by atoms with Crippen LogP contribution in [-0.2, 0) is 12.8 Å². The first kappa shape index (κ1) is 9.62. The maximum absolute atomic E-state index is 5.69. The van der Waals surface area contributed by atoms with Crippen molar-refractivity contribution in [1.82, 2.24) is 10.2 Å². The summed E-state index contributed by atoms with van der Waals surface area (Å²) in [5.41, 5.74) is 1.32. The largest absolute Gasteiger partial charge is 0.207 e. The molecule has 0 spiro atoms. The topological polar surface area (TPSA) is 25.8 Å². The minimum Gasteiger partial charge on any atom is -0.142 e. The second-order valence-corrected chi connectivity index (χ2v) is 4.58. The molecule has 0 bridgehead atoms. The first-order valence-corrected chi connectivity index (χ1v) is 5.56. The van der Waals surface area contributed by atoms with Gasteiger partial charge in [0.15, 0.2) is 0 Å². The van der Waals surface area contributed by atoms with E-state index in [9.17, 15) is 0 Å². The van der Waals surface area contributed by atoms with E-state index in [-0.39, 0.29) is 0 Å². The second-order valence-electron chi connectivity index (χ2n) is 2.93. The van der Waals surface area contributed by atoms with Crippen LogP contribution in [0.15, 0.2) is 30.3 Å². The molecule has 0 fully saturated rings. The van der Waals surface area contributed by atoms with Gasteiger partial charge in [0.1, 0.15) is 5.01 Å². The summed E-state index contributed by atoms with van der Waals surface area (Å²) in [6.45, 7) is 0. The summed E-state index contributed by atoms with van der Waals surface area (Å²) >= 11 is 7.14. The molecule has 2 nitrogen and oxygen atoms in total. The van der Waals surface area contributed by atoms with Crippen LogP contribution in [0.1, 0.15) is 10.6 Å². The average Bonchev–Trinajstić information content (AvgIpc) is 2.63. The molecule has 0 unspecified atom stereocenters. The van der Waals surface area contributed by atoms with Crippen molar-refractivity contribution in [2.75, 3.05) is 0 Å². The van der Waals surface area contributed by atoms with Gasteiger partial charge in [-0.05, 0) is 23.6 Å². The van der Waals surface area contributed by atoms with Gasteiger partial charge < -0.3 is 0 Å². The molecule has 0 atom stereocenters. The van der Waals surface area contributed by atoms with Crippen LogP contribution in [0.25, 0.3) is 0 Å². The summed E-state index contributed by atoms with van der Waals surface area (Å²) in [4.78, 5) is 0. The van der Waals surface area contributed by atoms with Crippen molar-refractivity contribution in [3.63, 3.8) is 0 Å². The summed E-state index contributed by atoms with van der Waals surface area (Å²) in [7, 11) is 0. The van der Waals surface area contributed by atoms with Crippen LogP contribution in [-0.4, -0.2) is 10.2 Å². The maximum Gasteiger partial charge on any atom is 0.207 e. The molecular weight excluding hydrogens is 216 g/mol. The number of halogens is 1. The normalized spacial score (nSPS) is 10.4. The van der Waals surface area contributed by atoms with E-state index in [1.807, 2.05) is 18.2 Å². The van der Waals surface area contributed by atoms with Crippen LogP contribution in [0.4, 0.5) is 0 Å². The minimum atomic E-state index is 0.521. The van der Waals surface area contributed by atoms with Gasteiger partial charge in [-0.1, -0.05) is 41.7 Å². The monoisotopic (exact) mass is 224 g/mol. The van der Waals surface area contributed by atoms with Crippen molar-refractivity contribution in [2.24, 2.45) is 0 Å². The van der Waals surface area contributed by atoms with Gasteiger partial charge in [0.2, 0.25) is 4.47 Å². The minimum absolute atomic E-state index is 0.521. The second kappa shape index (κ2) is 4.53. The highest BCUT2D eigenvalue weighted by Crippen LogP contribution is 2.16. The number of benzene rings is 1. The lowest BCUT2D eigenvalue weighted by Crippen LogP contribution is -1.89. The van der Waals surface area contributed by atoms with E-state index < -0.39 is 0 Å². The first-order chi connectivity index (χ1) is 6.84. The Morgan fingerprint density at radius 2 is 1.86 bits per heavy atom. The van der Waals surface area contributed by atoms with Gasteiger partial charge in [0, 0.05) is 6.42 Å². The zero-order valence-electron chi connectivity index (χ0n) is 7.48. The molecule has 0 N–H and O–H groups in total. The van der Waals surface area contributed by atoms with Gasteiger partial charge in [-0.2, -0.15) is 0 Å². The molecule has 4 heteroatoms.